The summed E-state index contributed by atoms with van der Waals surface area (Å²) < 4.78 is 0. The lowest BCUT2D eigenvalue weighted by molar-refractivity contribution is -0.136. The number of piperazine rings is 1. The van der Waals surface area contributed by atoms with Gasteiger partial charge in [0.25, 0.3) is 0 Å². The monoisotopic (exact) mass is 345 g/mol. The number of nitrogens with zero attached hydrogens (tertiary/aromatic N) is 5. The minimum atomic E-state index is -0.0269. The first-order chi connectivity index (χ1) is 12.1. The molecule has 0 spiro atoms. The second kappa shape index (κ2) is 8.13. The predicted octanol–water partition coefficient (Wildman–Crippen LogP) is 2.01. The Bertz CT molecular complexity index is 589. The maximum atomic E-state index is 12.8. The summed E-state index contributed by atoms with van der Waals surface area (Å²) in [4.78, 5) is 28.5. The Kier molecular flexibility index (Phi) is 5.89. The van der Waals surface area contributed by atoms with Crippen LogP contribution in [0.25, 0.3) is 0 Å². The standard InChI is InChI=1S/C19H31N5O/c1-15-14-20-19(21-16(15)2)24-12-10-22(11-13-24)17(3)18(25)23-8-6-4-5-7-9-23/h14,17H,4-13H2,1-3H3/t17-/m0/s1. The zero-order chi connectivity index (χ0) is 17.8. The van der Waals surface area contributed by atoms with Crippen molar-refractivity contribution < 1.29 is 4.79 Å². The number of hydrogen-bond donors (Lipinski definition) is 0. The van der Waals surface area contributed by atoms with Gasteiger partial charge in [0.05, 0.1) is 6.04 Å². The van der Waals surface area contributed by atoms with Crippen LogP contribution in [0.1, 0.15) is 43.9 Å². The van der Waals surface area contributed by atoms with Crippen molar-refractivity contribution in [1.29, 1.82) is 0 Å². The summed E-state index contributed by atoms with van der Waals surface area (Å²) in [6.07, 6.45) is 6.71. The second-order valence-electron chi connectivity index (χ2n) is 7.38. The second-order valence-corrected chi connectivity index (χ2v) is 7.38. The summed E-state index contributed by atoms with van der Waals surface area (Å²) in [5.41, 5.74) is 2.16. The normalized spacial score (nSPS) is 21.1. The van der Waals surface area contributed by atoms with Crippen molar-refractivity contribution in [1.82, 2.24) is 19.8 Å². The fourth-order valence-electron chi connectivity index (χ4n) is 3.69. The van der Waals surface area contributed by atoms with Crippen LogP contribution in [0.2, 0.25) is 0 Å². The number of likely N-dealkylation sites (tertiary alicyclic amines) is 1. The summed E-state index contributed by atoms with van der Waals surface area (Å²) in [6, 6.07) is -0.0269. The molecule has 0 saturated carbocycles. The van der Waals surface area contributed by atoms with E-state index in [2.05, 4.69) is 31.6 Å². The topological polar surface area (TPSA) is 52.6 Å². The molecule has 0 radical (unpaired) electrons. The molecule has 2 aliphatic heterocycles. The predicted molar refractivity (Wildman–Crippen MR) is 99.8 cm³/mol. The van der Waals surface area contributed by atoms with Crippen LogP contribution in [0.15, 0.2) is 6.20 Å². The molecule has 1 amide bonds. The molecule has 3 rings (SSSR count). The Morgan fingerprint density at radius 1 is 1.00 bits per heavy atom. The maximum Gasteiger partial charge on any atom is 0.239 e. The molecule has 25 heavy (non-hydrogen) atoms. The summed E-state index contributed by atoms with van der Waals surface area (Å²) in [5.74, 6) is 1.12. The van der Waals surface area contributed by atoms with E-state index in [0.29, 0.717) is 5.91 Å². The van der Waals surface area contributed by atoms with Crippen LogP contribution in [-0.2, 0) is 4.79 Å². The van der Waals surface area contributed by atoms with Gasteiger partial charge in [-0.05, 0) is 39.2 Å². The number of carbonyl (C=O) groups excluding carboxylic acids is 1. The number of hydrogen-bond acceptors (Lipinski definition) is 5. The van der Waals surface area contributed by atoms with E-state index in [-0.39, 0.29) is 6.04 Å². The molecule has 1 aromatic rings. The molecule has 6 heteroatoms. The molecule has 1 aromatic heterocycles. The highest BCUT2D eigenvalue weighted by Crippen LogP contribution is 2.17. The van der Waals surface area contributed by atoms with Gasteiger partial charge in [-0.2, -0.15) is 0 Å². The lowest BCUT2D eigenvalue weighted by atomic mass is 10.2. The fourth-order valence-corrected chi connectivity index (χ4v) is 3.69. The summed E-state index contributed by atoms with van der Waals surface area (Å²) in [5, 5.41) is 0. The van der Waals surface area contributed by atoms with E-state index in [1.807, 2.05) is 20.0 Å². The average Bonchev–Trinajstić information content (AvgIpc) is 2.92. The van der Waals surface area contributed by atoms with Crippen molar-refractivity contribution in [2.24, 2.45) is 0 Å². The molecule has 2 fully saturated rings. The van der Waals surface area contributed by atoms with Crippen molar-refractivity contribution >= 4 is 11.9 Å². The van der Waals surface area contributed by atoms with Crippen molar-refractivity contribution in [2.75, 3.05) is 44.2 Å². The number of rotatable bonds is 3. The van der Waals surface area contributed by atoms with E-state index >= 15 is 0 Å². The molecular formula is C19H31N5O. The van der Waals surface area contributed by atoms with E-state index in [1.54, 1.807) is 0 Å². The largest absolute Gasteiger partial charge is 0.341 e. The third-order valence-electron chi connectivity index (χ3n) is 5.63. The van der Waals surface area contributed by atoms with Gasteiger partial charge in [0.1, 0.15) is 0 Å². The quantitative estimate of drug-likeness (QED) is 0.839. The fraction of sp³-hybridized carbons (Fsp3) is 0.737. The molecule has 3 heterocycles. The highest BCUT2D eigenvalue weighted by atomic mass is 16.2. The molecular weight excluding hydrogens is 314 g/mol. The van der Waals surface area contributed by atoms with E-state index in [0.717, 1.165) is 69.3 Å². The molecule has 138 valence electrons. The third-order valence-corrected chi connectivity index (χ3v) is 5.63. The Labute approximate surface area is 151 Å². The molecule has 2 saturated heterocycles. The zero-order valence-corrected chi connectivity index (χ0v) is 15.9. The third kappa shape index (κ3) is 4.29. The van der Waals surface area contributed by atoms with Gasteiger partial charge in [-0.15, -0.1) is 0 Å². The van der Waals surface area contributed by atoms with Crippen molar-refractivity contribution in [3.05, 3.63) is 17.5 Å². The summed E-state index contributed by atoms with van der Waals surface area (Å²) >= 11 is 0. The molecule has 1 atom stereocenters. The smallest absolute Gasteiger partial charge is 0.239 e. The molecule has 0 unspecified atom stereocenters. The van der Waals surface area contributed by atoms with Gasteiger partial charge in [0.2, 0.25) is 11.9 Å². The summed E-state index contributed by atoms with van der Waals surface area (Å²) in [7, 11) is 0. The molecule has 2 aliphatic rings. The Morgan fingerprint density at radius 3 is 2.24 bits per heavy atom. The van der Waals surface area contributed by atoms with Crippen LogP contribution < -0.4 is 4.90 Å². The van der Waals surface area contributed by atoms with Gasteiger partial charge < -0.3 is 9.80 Å². The van der Waals surface area contributed by atoms with Gasteiger partial charge in [0.15, 0.2) is 0 Å². The number of amides is 1. The lowest BCUT2D eigenvalue weighted by Gasteiger charge is -2.39. The van der Waals surface area contributed by atoms with Gasteiger partial charge >= 0.3 is 0 Å². The highest BCUT2D eigenvalue weighted by molar-refractivity contribution is 5.81. The maximum absolute atomic E-state index is 12.8. The minimum Gasteiger partial charge on any atom is -0.341 e. The number of aryl methyl sites for hydroxylation is 2. The van der Waals surface area contributed by atoms with Gasteiger partial charge in [-0.3, -0.25) is 9.69 Å². The Hall–Kier alpha value is -1.69. The lowest BCUT2D eigenvalue weighted by Crippen LogP contribution is -2.55. The van der Waals surface area contributed by atoms with E-state index in [1.165, 1.54) is 12.8 Å². The van der Waals surface area contributed by atoms with Gasteiger partial charge in [-0.1, -0.05) is 12.8 Å². The summed E-state index contributed by atoms with van der Waals surface area (Å²) in [6.45, 7) is 11.5. The van der Waals surface area contributed by atoms with Crippen LogP contribution in [0.5, 0.6) is 0 Å². The number of carbonyl (C=O) groups is 1. The Balaban J connectivity index is 1.55. The van der Waals surface area contributed by atoms with Gasteiger partial charge in [0, 0.05) is 51.2 Å². The first kappa shape index (κ1) is 18.1. The SMILES string of the molecule is Cc1cnc(N2CCN([C@@H](C)C(=O)N3CCCCCC3)CC2)nc1C. The molecule has 0 aliphatic carbocycles. The molecule has 0 N–H and O–H groups in total. The highest BCUT2D eigenvalue weighted by Gasteiger charge is 2.29. The zero-order valence-electron chi connectivity index (χ0n) is 15.9. The average molecular weight is 345 g/mol. The van der Waals surface area contributed by atoms with Crippen molar-refractivity contribution in [3.63, 3.8) is 0 Å². The van der Waals surface area contributed by atoms with Crippen LogP contribution in [0, 0.1) is 13.8 Å². The first-order valence-corrected chi connectivity index (χ1v) is 9.64. The number of aromatic nitrogens is 2. The van der Waals surface area contributed by atoms with E-state index in [9.17, 15) is 4.79 Å². The Morgan fingerprint density at radius 2 is 1.64 bits per heavy atom. The molecule has 0 aromatic carbocycles. The number of anilines is 1. The molecule has 6 nitrogen and oxygen atoms in total. The first-order valence-electron chi connectivity index (χ1n) is 9.64. The van der Waals surface area contributed by atoms with Crippen molar-refractivity contribution in [3.8, 4) is 0 Å². The van der Waals surface area contributed by atoms with E-state index < -0.39 is 0 Å². The van der Waals surface area contributed by atoms with Crippen LogP contribution in [-0.4, -0.2) is 71.0 Å². The molecule has 0 bridgehead atoms. The van der Waals surface area contributed by atoms with Crippen LogP contribution in [0.3, 0.4) is 0 Å². The van der Waals surface area contributed by atoms with Crippen LogP contribution in [0.4, 0.5) is 5.95 Å². The van der Waals surface area contributed by atoms with E-state index in [4.69, 9.17) is 0 Å². The minimum absolute atomic E-state index is 0.0269. The van der Waals surface area contributed by atoms with Crippen molar-refractivity contribution in [2.45, 2.75) is 52.5 Å². The van der Waals surface area contributed by atoms with Gasteiger partial charge in [-0.25, -0.2) is 9.97 Å². The van der Waals surface area contributed by atoms with Crippen LogP contribution >= 0.6 is 0 Å².